The van der Waals surface area contributed by atoms with Crippen molar-refractivity contribution in [3.63, 3.8) is 0 Å². The molecule has 1 aliphatic carbocycles. The normalized spacial score (nSPS) is 27.0. The second-order valence-electron chi connectivity index (χ2n) is 5.42. The first-order valence-corrected chi connectivity index (χ1v) is 6.89. The summed E-state index contributed by atoms with van der Waals surface area (Å²) in [6.07, 6.45) is 10.9. The number of rotatable bonds is 4. The molecule has 1 heterocycles. The zero-order valence-electron chi connectivity index (χ0n) is 11.3. The molecule has 3 nitrogen and oxygen atoms in total. The second-order valence-corrected chi connectivity index (χ2v) is 5.42. The van der Waals surface area contributed by atoms with Gasteiger partial charge in [0.1, 0.15) is 0 Å². The molecule has 0 spiro atoms. The van der Waals surface area contributed by atoms with Crippen LogP contribution in [0, 0.1) is 11.8 Å². The van der Waals surface area contributed by atoms with Crippen LogP contribution in [0.1, 0.15) is 50.8 Å². The Labute approximate surface area is 105 Å². The van der Waals surface area contributed by atoms with Crippen molar-refractivity contribution in [1.82, 2.24) is 14.9 Å². The van der Waals surface area contributed by atoms with Gasteiger partial charge in [-0.2, -0.15) is 0 Å². The molecule has 2 rings (SSSR count). The van der Waals surface area contributed by atoms with Gasteiger partial charge in [0.15, 0.2) is 0 Å². The van der Waals surface area contributed by atoms with Gasteiger partial charge in [0.25, 0.3) is 0 Å². The lowest BCUT2D eigenvalue weighted by atomic mass is 9.77. The van der Waals surface area contributed by atoms with Gasteiger partial charge in [-0.05, 0) is 31.7 Å². The van der Waals surface area contributed by atoms with Crippen LogP contribution in [-0.2, 0) is 7.05 Å². The van der Waals surface area contributed by atoms with Crippen LogP contribution in [0.2, 0.25) is 0 Å². The highest BCUT2D eigenvalue weighted by molar-refractivity contribution is 5.05. The molecule has 0 radical (unpaired) electrons. The Morgan fingerprint density at radius 3 is 2.59 bits per heavy atom. The van der Waals surface area contributed by atoms with Crippen molar-refractivity contribution in [3.8, 4) is 0 Å². The first-order chi connectivity index (χ1) is 8.24. The lowest BCUT2D eigenvalue weighted by molar-refractivity contribution is 0.222. The number of hydrogen-bond donors (Lipinski definition) is 1. The van der Waals surface area contributed by atoms with Crippen LogP contribution < -0.4 is 5.32 Å². The third kappa shape index (κ3) is 2.89. The fourth-order valence-electron chi connectivity index (χ4n) is 3.15. The highest BCUT2D eigenvalue weighted by atomic mass is 15.0. The molecule has 1 saturated carbocycles. The van der Waals surface area contributed by atoms with Gasteiger partial charge in [-0.15, -0.1) is 0 Å². The predicted molar refractivity (Wildman–Crippen MR) is 70.7 cm³/mol. The third-order valence-corrected chi connectivity index (χ3v) is 4.29. The number of nitrogens with one attached hydrogen (secondary N) is 1. The van der Waals surface area contributed by atoms with Crippen molar-refractivity contribution in [1.29, 1.82) is 0 Å². The average Bonchev–Trinajstić information content (AvgIpc) is 2.78. The molecule has 1 unspecified atom stereocenters. The molecule has 0 saturated heterocycles. The van der Waals surface area contributed by atoms with Crippen LogP contribution in [0.3, 0.4) is 0 Å². The predicted octanol–water partition coefficient (Wildman–Crippen LogP) is 2.90. The zero-order chi connectivity index (χ0) is 12.3. The smallest absolute Gasteiger partial charge is 0.0947 e. The molecule has 3 heteroatoms. The summed E-state index contributed by atoms with van der Waals surface area (Å²) >= 11 is 0. The van der Waals surface area contributed by atoms with Crippen molar-refractivity contribution in [3.05, 3.63) is 18.2 Å². The first-order valence-electron chi connectivity index (χ1n) is 6.89. The maximum Gasteiger partial charge on any atom is 0.0947 e. The minimum absolute atomic E-state index is 0.439. The molecule has 96 valence electrons. The Morgan fingerprint density at radius 2 is 2.12 bits per heavy atom. The molecule has 1 atom stereocenters. The van der Waals surface area contributed by atoms with Crippen LogP contribution in [-0.4, -0.2) is 16.6 Å². The molecule has 0 bridgehead atoms. The van der Waals surface area contributed by atoms with Crippen LogP contribution in [0.4, 0.5) is 0 Å². The Bertz CT molecular complexity index is 337. The lowest BCUT2D eigenvalue weighted by Gasteiger charge is -2.32. The molecule has 0 aliphatic heterocycles. The van der Waals surface area contributed by atoms with Gasteiger partial charge < -0.3 is 9.88 Å². The topological polar surface area (TPSA) is 29.9 Å². The van der Waals surface area contributed by atoms with Gasteiger partial charge in [-0.3, -0.25) is 0 Å². The molecule has 1 aromatic rings. The summed E-state index contributed by atoms with van der Waals surface area (Å²) in [5.41, 5.74) is 1.20. The molecular formula is C14H25N3. The van der Waals surface area contributed by atoms with Gasteiger partial charge in [0, 0.05) is 13.2 Å². The lowest BCUT2D eigenvalue weighted by Crippen LogP contribution is -2.29. The SMILES string of the molecule is CCC1CCC(C(NC)c2cn(C)cn2)CC1. The fourth-order valence-corrected chi connectivity index (χ4v) is 3.15. The van der Waals surface area contributed by atoms with E-state index in [0.29, 0.717) is 6.04 Å². The Balaban J connectivity index is 2.00. The van der Waals surface area contributed by atoms with E-state index >= 15 is 0 Å². The molecule has 1 aromatic heterocycles. The largest absolute Gasteiger partial charge is 0.340 e. The van der Waals surface area contributed by atoms with Gasteiger partial charge in [0.2, 0.25) is 0 Å². The standard InChI is InChI=1S/C14H25N3/c1-4-11-5-7-12(8-6-11)14(15-2)13-9-17(3)10-16-13/h9-12,14-15H,4-8H2,1-3H3. The molecule has 0 aromatic carbocycles. The van der Waals surface area contributed by atoms with Crippen LogP contribution >= 0.6 is 0 Å². The van der Waals surface area contributed by atoms with Crippen molar-refractivity contribution in [2.45, 2.75) is 45.1 Å². The number of hydrogen-bond acceptors (Lipinski definition) is 2. The maximum atomic E-state index is 4.50. The van der Waals surface area contributed by atoms with E-state index in [-0.39, 0.29) is 0 Å². The molecule has 17 heavy (non-hydrogen) atoms. The summed E-state index contributed by atoms with van der Waals surface area (Å²) in [6.45, 7) is 2.32. The number of imidazole rings is 1. The van der Waals surface area contributed by atoms with Crippen LogP contribution in [0.25, 0.3) is 0 Å². The summed E-state index contributed by atoms with van der Waals surface area (Å²) in [4.78, 5) is 4.50. The first kappa shape index (κ1) is 12.6. The van der Waals surface area contributed by atoms with Gasteiger partial charge in [-0.25, -0.2) is 4.98 Å². The Kier molecular flexibility index (Phi) is 4.21. The highest BCUT2D eigenvalue weighted by Crippen LogP contribution is 2.37. The van der Waals surface area contributed by atoms with Gasteiger partial charge in [0.05, 0.1) is 18.1 Å². The minimum Gasteiger partial charge on any atom is -0.340 e. The van der Waals surface area contributed by atoms with E-state index in [1.807, 2.05) is 17.9 Å². The molecule has 1 N–H and O–H groups in total. The van der Waals surface area contributed by atoms with E-state index in [1.165, 1.54) is 37.8 Å². The van der Waals surface area contributed by atoms with E-state index < -0.39 is 0 Å². The molecule has 0 amide bonds. The van der Waals surface area contributed by atoms with Crippen LogP contribution in [0.15, 0.2) is 12.5 Å². The summed E-state index contributed by atoms with van der Waals surface area (Å²) in [5, 5.41) is 3.46. The average molecular weight is 235 g/mol. The van der Waals surface area contributed by atoms with Gasteiger partial charge in [-0.1, -0.05) is 26.2 Å². The van der Waals surface area contributed by atoms with E-state index in [0.717, 1.165) is 11.8 Å². The van der Waals surface area contributed by atoms with Gasteiger partial charge >= 0.3 is 0 Å². The van der Waals surface area contributed by atoms with E-state index in [4.69, 9.17) is 0 Å². The van der Waals surface area contributed by atoms with Crippen molar-refractivity contribution in [2.75, 3.05) is 7.05 Å². The quantitative estimate of drug-likeness (QED) is 0.869. The fraction of sp³-hybridized carbons (Fsp3) is 0.786. The number of nitrogens with zero attached hydrogens (tertiary/aromatic N) is 2. The summed E-state index contributed by atoms with van der Waals surface area (Å²) in [6, 6.07) is 0.439. The van der Waals surface area contributed by atoms with Crippen molar-refractivity contribution < 1.29 is 0 Å². The van der Waals surface area contributed by atoms with E-state index in [2.05, 4.69) is 30.5 Å². The minimum atomic E-state index is 0.439. The van der Waals surface area contributed by atoms with Crippen molar-refractivity contribution >= 4 is 0 Å². The monoisotopic (exact) mass is 235 g/mol. The van der Waals surface area contributed by atoms with E-state index in [9.17, 15) is 0 Å². The van der Waals surface area contributed by atoms with Crippen LogP contribution in [0.5, 0.6) is 0 Å². The Hall–Kier alpha value is -0.830. The summed E-state index contributed by atoms with van der Waals surface area (Å²) in [7, 11) is 4.10. The number of aryl methyl sites for hydroxylation is 1. The maximum absolute atomic E-state index is 4.50. The summed E-state index contributed by atoms with van der Waals surface area (Å²) in [5.74, 6) is 1.73. The Morgan fingerprint density at radius 1 is 1.41 bits per heavy atom. The highest BCUT2D eigenvalue weighted by Gasteiger charge is 2.28. The zero-order valence-corrected chi connectivity index (χ0v) is 11.3. The molecule has 1 aliphatic rings. The van der Waals surface area contributed by atoms with E-state index in [1.54, 1.807) is 0 Å². The second kappa shape index (κ2) is 5.67. The molecule has 1 fully saturated rings. The molecular weight excluding hydrogens is 210 g/mol. The third-order valence-electron chi connectivity index (χ3n) is 4.29. The van der Waals surface area contributed by atoms with Crippen molar-refractivity contribution in [2.24, 2.45) is 18.9 Å². The summed E-state index contributed by atoms with van der Waals surface area (Å²) < 4.78 is 2.04. The number of aromatic nitrogens is 2.